The van der Waals surface area contributed by atoms with Gasteiger partial charge in [0, 0.05) is 30.8 Å². The maximum Gasteiger partial charge on any atom is 0.416 e. The highest BCUT2D eigenvalue weighted by molar-refractivity contribution is 6.03. The smallest absolute Gasteiger partial charge is 0.397 e. The molecule has 37 heavy (non-hydrogen) atoms. The van der Waals surface area contributed by atoms with Crippen molar-refractivity contribution in [1.82, 2.24) is 4.90 Å². The quantitative estimate of drug-likeness (QED) is 0.315. The molecule has 4 N–H and O–H groups in total. The van der Waals surface area contributed by atoms with E-state index in [0.717, 1.165) is 23.3 Å². The molecule has 2 atom stereocenters. The molecule has 4 rings (SSSR count). The molecule has 1 aliphatic rings. The summed E-state index contributed by atoms with van der Waals surface area (Å²) in [5.74, 6) is -0.994. The maximum absolute atomic E-state index is 13.0. The van der Waals surface area contributed by atoms with Crippen molar-refractivity contribution in [3.8, 4) is 0 Å². The van der Waals surface area contributed by atoms with Crippen LogP contribution in [0.5, 0.6) is 0 Å². The zero-order chi connectivity index (χ0) is 26.6. The van der Waals surface area contributed by atoms with Crippen LogP contribution in [0.2, 0.25) is 0 Å². The summed E-state index contributed by atoms with van der Waals surface area (Å²) in [6.45, 7) is 1.20. The summed E-state index contributed by atoms with van der Waals surface area (Å²) in [7, 11) is 1.92. The highest BCUT2D eigenvalue weighted by atomic mass is 19.4. The van der Waals surface area contributed by atoms with Crippen LogP contribution in [-0.2, 0) is 15.8 Å². The molecule has 0 aromatic heterocycles. The molecule has 1 fully saturated rings. The van der Waals surface area contributed by atoms with Crippen molar-refractivity contribution >= 4 is 35.0 Å². The number of halogens is 3. The molecule has 1 heterocycles. The number of nitrogens with two attached hydrogens (primary N) is 1. The molecular formula is C28H27F3N4O2. The molecule has 0 unspecified atom stereocenters. The molecule has 192 valence electrons. The van der Waals surface area contributed by atoms with E-state index in [2.05, 4.69) is 15.5 Å². The van der Waals surface area contributed by atoms with Crippen LogP contribution in [0.25, 0.3) is 6.08 Å². The second kappa shape index (κ2) is 10.9. The Labute approximate surface area is 213 Å². The number of nitrogen functional groups attached to an aromatic ring is 1. The number of nitrogens with one attached hydrogen (secondary N) is 2. The number of likely N-dealkylation sites (tertiary alicyclic amines) is 1. The lowest BCUT2D eigenvalue weighted by atomic mass is 9.88. The Kier molecular flexibility index (Phi) is 7.63. The average Bonchev–Trinajstić information content (AvgIpc) is 3.26. The Morgan fingerprint density at radius 2 is 1.62 bits per heavy atom. The fourth-order valence-electron chi connectivity index (χ4n) is 4.39. The van der Waals surface area contributed by atoms with Crippen molar-refractivity contribution in [2.75, 3.05) is 36.5 Å². The number of rotatable bonds is 6. The van der Waals surface area contributed by atoms with E-state index in [1.165, 1.54) is 18.2 Å². The Balaban J connectivity index is 1.40. The number of nitrogens with zero attached hydrogens (tertiary/aromatic N) is 1. The normalized spacial score (nSPS) is 18.2. The van der Waals surface area contributed by atoms with E-state index >= 15 is 0 Å². The second-order valence-electron chi connectivity index (χ2n) is 9.08. The van der Waals surface area contributed by atoms with Crippen molar-refractivity contribution in [1.29, 1.82) is 0 Å². The third-order valence-electron chi connectivity index (χ3n) is 6.33. The number of carbonyl (C=O) groups is 2. The number of alkyl halides is 3. The van der Waals surface area contributed by atoms with E-state index in [0.29, 0.717) is 30.2 Å². The second-order valence-corrected chi connectivity index (χ2v) is 9.08. The summed E-state index contributed by atoms with van der Waals surface area (Å²) in [5, 5.41) is 5.49. The predicted molar refractivity (Wildman–Crippen MR) is 139 cm³/mol. The first-order chi connectivity index (χ1) is 17.6. The van der Waals surface area contributed by atoms with Crippen LogP contribution in [0, 0.1) is 5.92 Å². The number of amides is 2. The van der Waals surface area contributed by atoms with Gasteiger partial charge in [0.25, 0.3) is 0 Å². The topological polar surface area (TPSA) is 87.5 Å². The summed E-state index contributed by atoms with van der Waals surface area (Å²) in [4.78, 5) is 27.3. The molecule has 1 aliphatic heterocycles. The van der Waals surface area contributed by atoms with Gasteiger partial charge in [0.15, 0.2) is 0 Å². The Hall–Kier alpha value is -4.11. The van der Waals surface area contributed by atoms with Crippen LogP contribution in [0.3, 0.4) is 0 Å². The molecule has 2 amide bonds. The lowest BCUT2D eigenvalue weighted by Gasteiger charge is -2.19. The van der Waals surface area contributed by atoms with Gasteiger partial charge in [-0.15, -0.1) is 0 Å². The zero-order valence-electron chi connectivity index (χ0n) is 20.1. The number of carbonyl (C=O) groups excluding carboxylic acids is 2. The summed E-state index contributed by atoms with van der Waals surface area (Å²) < 4.78 is 38.4. The highest BCUT2D eigenvalue weighted by Crippen LogP contribution is 2.34. The van der Waals surface area contributed by atoms with Gasteiger partial charge in [-0.3, -0.25) is 9.59 Å². The Morgan fingerprint density at radius 3 is 2.27 bits per heavy atom. The predicted octanol–water partition coefficient (Wildman–Crippen LogP) is 5.22. The highest BCUT2D eigenvalue weighted by Gasteiger charge is 2.37. The van der Waals surface area contributed by atoms with Crippen molar-refractivity contribution in [3.05, 3.63) is 95.6 Å². The van der Waals surface area contributed by atoms with E-state index < -0.39 is 11.7 Å². The van der Waals surface area contributed by atoms with Crippen molar-refractivity contribution < 1.29 is 22.8 Å². The number of hydrogen-bond acceptors (Lipinski definition) is 4. The van der Waals surface area contributed by atoms with Crippen molar-refractivity contribution in [2.24, 2.45) is 5.92 Å². The standard InChI is InChI=1S/C28H27F3N4O2/c1-35-16-22(23(17-35)27(37)33-21-13-11-20(12-14-21)28(29,30)31)19-9-6-18(7-10-19)8-15-26(36)34-25-5-3-2-4-24(25)32/h2-15,22-23H,16-17,32H2,1H3,(H,33,37)(H,34,36)/b15-8+/t22-,23+/m1/s1. The lowest BCUT2D eigenvalue weighted by molar-refractivity contribution is -0.137. The fraction of sp³-hybridized carbons (Fsp3) is 0.214. The lowest BCUT2D eigenvalue weighted by Crippen LogP contribution is -2.28. The van der Waals surface area contributed by atoms with Gasteiger partial charge in [0.2, 0.25) is 11.8 Å². The average molecular weight is 509 g/mol. The summed E-state index contributed by atoms with van der Waals surface area (Å²) in [5.41, 5.74) is 8.21. The molecule has 0 saturated carbocycles. The van der Waals surface area contributed by atoms with E-state index in [1.807, 2.05) is 31.3 Å². The molecule has 0 aliphatic carbocycles. The molecule has 0 spiro atoms. The van der Waals surface area contributed by atoms with Gasteiger partial charge in [0.1, 0.15) is 0 Å². The van der Waals surface area contributed by atoms with E-state index in [9.17, 15) is 22.8 Å². The third-order valence-corrected chi connectivity index (χ3v) is 6.33. The summed E-state index contributed by atoms with van der Waals surface area (Å²) in [6.07, 6.45) is -1.32. The van der Waals surface area contributed by atoms with Gasteiger partial charge in [-0.2, -0.15) is 13.2 Å². The van der Waals surface area contributed by atoms with Crippen LogP contribution >= 0.6 is 0 Å². The van der Waals surface area contributed by atoms with Gasteiger partial charge in [-0.1, -0.05) is 36.4 Å². The molecule has 0 radical (unpaired) electrons. The van der Waals surface area contributed by atoms with Gasteiger partial charge in [-0.25, -0.2) is 0 Å². The number of hydrogen-bond donors (Lipinski definition) is 3. The van der Waals surface area contributed by atoms with Gasteiger partial charge in [-0.05, 0) is 60.6 Å². The first-order valence-corrected chi connectivity index (χ1v) is 11.7. The summed E-state index contributed by atoms with van der Waals surface area (Å²) in [6, 6.07) is 19.0. The van der Waals surface area contributed by atoms with Gasteiger partial charge < -0.3 is 21.3 Å². The molecule has 1 saturated heterocycles. The van der Waals surface area contributed by atoms with Crippen LogP contribution < -0.4 is 16.4 Å². The maximum atomic E-state index is 13.0. The molecule has 9 heteroatoms. The van der Waals surface area contributed by atoms with Crippen molar-refractivity contribution in [3.63, 3.8) is 0 Å². The zero-order valence-corrected chi connectivity index (χ0v) is 20.1. The fourth-order valence-corrected chi connectivity index (χ4v) is 4.39. The number of benzene rings is 3. The van der Waals surface area contributed by atoms with E-state index in [1.54, 1.807) is 30.3 Å². The largest absolute Gasteiger partial charge is 0.416 e. The molecule has 3 aromatic rings. The minimum atomic E-state index is -4.43. The Bertz CT molecular complexity index is 1290. The first-order valence-electron chi connectivity index (χ1n) is 11.7. The Morgan fingerprint density at radius 1 is 0.946 bits per heavy atom. The van der Waals surface area contributed by atoms with Gasteiger partial charge >= 0.3 is 6.18 Å². The van der Waals surface area contributed by atoms with Crippen LogP contribution in [0.1, 0.15) is 22.6 Å². The van der Waals surface area contributed by atoms with Crippen LogP contribution in [0.15, 0.2) is 78.9 Å². The third kappa shape index (κ3) is 6.56. The number of para-hydroxylation sites is 2. The first kappa shape index (κ1) is 26.0. The monoisotopic (exact) mass is 508 g/mol. The molecule has 6 nitrogen and oxygen atoms in total. The van der Waals surface area contributed by atoms with E-state index in [-0.39, 0.29) is 23.7 Å². The molecular weight excluding hydrogens is 481 g/mol. The van der Waals surface area contributed by atoms with Gasteiger partial charge in [0.05, 0.1) is 22.9 Å². The number of likely N-dealkylation sites (N-methyl/N-ethyl adjacent to an activating group) is 1. The minimum absolute atomic E-state index is 0.0816. The molecule has 3 aromatic carbocycles. The van der Waals surface area contributed by atoms with Crippen LogP contribution in [-0.4, -0.2) is 36.9 Å². The molecule has 0 bridgehead atoms. The minimum Gasteiger partial charge on any atom is -0.397 e. The van der Waals surface area contributed by atoms with Crippen molar-refractivity contribution in [2.45, 2.75) is 12.1 Å². The number of anilines is 3. The SMILES string of the molecule is CN1C[C@H](C(=O)Nc2ccc(C(F)(F)F)cc2)[C@@H](c2ccc(/C=C/C(=O)Nc3ccccc3N)cc2)C1. The van der Waals surface area contributed by atoms with Crippen LogP contribution in [0.4, 0.5) is 30.2 Å². The van der Waals surface area contributed by atoms with E-state index in [4.69, 9.17) is 5.73 Å². The summed E-state index contributed by atoms with van der Waals surface area (Å²) >= 11 is 0.